The van der Waals surface area contributed by atoms with Gasteiger partial charge >= 0.3 is 34.1 Å². The van der Waals surface area contributed by atoms with Gasteiger partial charge in [0.05, 0.1) is 6.04 Å². The summed E-state index contributed by atoms with van der Waals surface area (Å²) in [5.74, 6) is -0.305. The van der Waals surface area contributed by atoms with Crippen molar-refractivity contribution in [2.75, 3.05) is 0 Å². The Kier molecular flexibility index (Phi) is 4.62. The van der Waals surface area contributed by atoms with Gasteiger partial charge in [-0.15, -0.1) is 0 Å². The minimum atomic E-state index is -0.901. The highest BCUT2D eigenvalue weighted by molar-refractivity contribution is 5.29. The van der Waals surface area contributed by atoms with Gasteiger partial charge in [0.1, 0.15) is 0 Å². The normalized spacial score (nSPS) is 21.9. The number of hydrogen-bond donors (Lipinski definition) is 0. The van der Waals surface area contributed by atoms with Gasteiger partial charge in [0.25, 0.3) is 0 Å². The molecule has 0 saturated heterocycles. The van der Waals surface area contributed by atoms with Crippen LogP contribution in [0.2, 0.25) is 0 Å². The molecule has 0 aliphatic heterocycles. The Balaban J connectivity index is 1.54. The molecule has 0 amide bonds. The van der Waals surface area contributed by atoms with E-state index in [9.17, 15) is 28.8 Å². The fourth-order valence-electron chi connectivity index (χ4n) is 4.10. The monoisotopic (exact) mass is 454 g/mol. The summed E-state index contributed by atoms with van der Waals surface area (Å²) in [7, 11) is 0. The molecule has 2 aromatic heterocycles. The average molecular weight is 454 g/mol. The molecule has 3 aliphatic carbocycles. The molecule has 172 valence electrons. The standard InChI is InChI=1S/C21H22N6O6/c1-3-22-16(28)23(4-2)18(30)24(17(22)29)10-9-12-11-15(12)27-20(32)25(13-5-6-13)19(31)26(21(27)33)14-7-8-14/h3-4,9-10,12-15H,1-2,5-8,11H2/b10-9+. The van der Waals surface area contributed by atoms with Crippen LogP contribution in [0.1, 0.15) is 50.2 Å². The molecule has 3 saturated carbocycles. The van der Waals surface area contributed by atoms with Crippen molar-refractivity contribution in [2.45, 2.75) is 50.2 Å². The summed E-state index contributed by atoms with van der Waals surface area (Å²) in [6.45, 7) is 6.82. The first-order chi connectivity index (χ1) is 15.8. The van der Waals surface area contributed by atoms with Crippen molar-refractivity contribution in [3.63, 3.8) is 0 Å². The summed E-state index contributed by atoms with van der Waals surface area (Å²) in [6.07, 6.45) is 8.09. The highest BCUT2D eigenvalue weighted by Gasteiger charge is 2.42. The van der Waals surface area contributed by atoms with Gasteiger partial charge in [-0.25, -0.2) is 56.2 Å². The molecule has 3 aliphatic rings. The minimum absolute atomic E-state index is 0.175. The third kappa shape index (κ3) is 3.20. The van der Waals surface area contributed by atoms with Crippen molar-refractivity contribution in [1.82, 2.24) is 27.4 Å². The summed E-state index contributed by atoms with van der Waals surface area (Å²) in [5, 5.41) is 0. The molecule has 0 spiro atoms. The second-order valence-electron chi connectivity index (χ2n) is 8.55. The fourth-order valence-corrected chi connectivity index (χ4v) is 4.10. The first kappa shape index (κ1) is 20.9. The maximum absolute atomic E-state index is 13.0. The highest BCUT2D eigenvalue weighted by Crippen LogP contribution is 2.43. The summed E-state index contributed by atoms with van der Waals surface area (Å²) in [5.41, 5.74) is -4.46. The highest BCUT2D eigenvalue weighted by atomic mass is 16.2. The third-order valence-corrected chi connectivity index (χ3v) is 6.28. The van der Waals surface area contributed by atoms with Gasteiger partial charge in [-0.05, 0) is 32.1 Å². The third-order valence-electron chi connectivity index (χ3n) is 6.28. The summed E-state index contributed by atoms with van der Waals surface area (Å²) >= 11 is 0. The van der Waals surface area contributed by atoms with E-state index in [2.05, 4.69) is 13.2 Å². The SMILES string of the molecule is C=Cn1c(=O)n(C=C)c(=O)n(/C=C/C2CC2n2c(=O)n(C3CC3)c(=O)n(C3CC3)c2=O)c1=O. The largest absolute Gasteiger partial charge is 0.344 e. The van der Waals surface area contributed by atoms with Gasteiger partial charge in [-0.2, -0.15) is 0 Å². The molecule has 0 bridgehead atoms. The second kappa shape index (κ2) is 7.29. The molecule has 3 fully saturated rings. The number of allylic oxidation sites excluding steroid dienone is 1. The zero-order valence-electron chi connectivity index (χ0n) is 17.7. The van der Waals surface area contributed by atoms with Crippen LogP contribution in [0.5, 0.6) is 0 Å². The quantitative estimate of drug-likeness (QED) is 0.541. The van der Waals surface area contributed by atoms with Crippen LogP contribution in [0.15, 0.2) is 48.0 Å². The van der Waals surface area contributed by atoms with Crippen molar-refractivity contribution < 1.29 is 0 Å². The van der Waals surface area contributed by atoms with Crippen LogP contribution in [0.3, 0.4) is 0 Å². The molecule has 12 heteroatoms. The van der Waals surface area contributed by atoms with E-state index in [1.807, 2.05) is 0 Å². The number of hydrogen-bond acceptors (Lipinski definition) is 6. The van der Waals surface area contributed by atoms with E-state index in [1.54, 1.807) is 6.08 Å². The Morgan fingerprint density at radius 3 is 1.45 bits per heavy atom. The fraction of sp³-hybridized carbons (Fsp3) is 0.429. The van der Waals surface area contributed by atoms with Gasteiger partial charge in [0, 0.05) is 36.6 Å². The van der Waals surface area contributed by atoms with E-state index in [0.717, 1.165) is 47.2 Å². The molecule has 0 N–H and O–H groups in total. The van der Waals surface area contributed by atoms with Crippen molar-refractivity contribution in [3.05, 3.63) is 82.1 Å². The van der Waals surface area contributed by atoms with Crippen LogP contribution >= 0.6 is 0 Å². The molecular weight excluding hydrogens is 432 g/mol. The van der Waals surface area contributed by atoms with Gasteiger partial charge in [-0.3, -0.25) is 0 Å². The lowest BCUT2D eigenvalue weighted by Crippen LogP contribution is -2.54. The summed E-state index contributed by atoms with van der Waals surface area (Å²) in [4.78, 5) is 76.0. The van der Waals surface area contributed by atoms with Crippen molar-refractivity contribution in [3.8, 4) is 0 Å². The number of nitrogens with zero attached hydrogens (tertiary/aromatic N) is 6. The van der Waals surface area contributed by atoms with Crippen LogP contribution in [0, 0.1) is 5.92 Å². The Labute approximate surface area is 184 Å². The first-order valence-electron chi connectivity index (χ1n) is 10.7. The van der Waals surface area contributed by atoms with Gasteiger partial charge < -0.3 is 0 Å². The zero-order valence-corrected chi connectivity index (χ0v) is 17.7. The van der Waals surface area contributed by atoms with E-state index in [4.69, 9.17) is 0 Å². The summed E-state index contributed by atoms with van der Waals surface area (Å²) in [6, 6.07) is -0.838. The smallest absolute Gasteiger partial charge is 0.247 e. The van der Waals surface area contributed by atoms with Gasteiger partial charge in [0.15, 0.2) is 0 Å². The molecule has 0 radical (unpaired) electrons. The molecule has 0 aromatic carbocycles. The lowest BCUT2D eigenvalue weighted by molar-refractivity contribution is 0.450. The Bertz CT molecular complexity index is 1490. The van der Waals surface area contributed by atoms with E-state index in [1.165, 1.54) is 15.3 Å². The molecule has 12 nitrogen and oxygen atoms in total. The van der Waals surface area contributed by atoms with Crippen LogP contribution in [0.4, 0.5) is 0 Å². The predicted octanol–water partition coefficient (Wildman–Crippen LogP) is -0.740. The Hall–Kier alpha value is -3.96. The predicted molar refractivity (Wildman–Crippen MR) is 120 cm³/mol. The van der Waals surface area contributed by atoms with Crippen molar-refractivity contribution >= 4 is 18.6 Å². The van der Waals surface area contributed by atoms with E-state index < -0.39 is 40.2 Å². The number of aromatic nitrogens is 6. The van der Waals surface area contributed by atoms with E-state index in [-0.39, 0.29) is 18.0 Å². The average Bonchev–Trinajstić information content (AvgIpc) is 3.60. The molecule has 5 rings (SSSR count). The van der Waals surface area contributed by atoms with E-state index >= 15 is 0 Å². The molecule has 2 aromatic rings. The second-order valence-corrected chi connectivity index (χ2v) is 8.55. The summed E-state index contributed by atoms with van der Waals surface area (Å²) < 4.78 is 5.57. The van der Waals surface area contributed by atoms with Crippen LogP contribution < -0.4 is 34.1 Å². The zero-order chi connectivity index (χ0) is 23.6. The van der Waals surface area contributed by atoms with Crippen molar-refractivity contribution in [2.24, 2.45) is 5.92 Å². The molecule has 2 atom stereocenters. The Morgan fingerprint density at radius 1 is 0.606 bits per heavy atom. The van der Waals surface area contributed by atoms with E-state index in [0.29, 0.717) is 15.6 Å². The topological polar surface area (TPSA) is 132 Å². The molecule has 33 heavy (non-hydrogen) atoms. The lowest BCUT2D eigenvalue weighted by Gasteiger charge is -2.12. The number of rotatable bonds is 7. The molecule has 2 unspecified atom stereocenters. The molecule has 2 heterocycles. The van der Waals surface area contributed by atoms with Crippen LogP contribution in [-0.2, 0) is 0 Å². The maximum atomic E-state index is 13.0. The minimum Gasteiger partial charge on any atom is -0.247 e. The Morgan fingerprint density at radius 2 is 1.03 bits per heavy atom. The lowest BCUT2D eigenvalue weighted by atomic mass is 10.4. The van der Waals surface area contributed by atoms with Gasteiger partial charge in [-0.1, -0.05) is 19.2 Å². The van der Waals surface area contributed by atoms with Crippen molar-refractivity contribution in [1.29, 1.82) is 0 Å². The maximum Gasteiger partial charge on any atom is 0.344 e. The van der Waals surface area contributed by atoms with Crippen LogP contribution in [-0.4, -0.2) is 27.4 Å². The molecular formula is C21H22N6O6. The first-order valence-corrected chi connectivity index (χ1v) is 10.7. The van der Waals surface area contributed by atoms with Gasteiger partial charge in [0.2, 0.25) is 0 Å². The van der Waals surface area contributed by atoms with Crippen LogP contribution in [0.25, 0.3) is 18.6 Å².